The normalized spacial score (nSPS) is 15.1. The lowest BCUT2D eigenvalue weighted by molar-refractivity contribution is 0.0669. The van der Waals surface area contributed by atoms with Crippen LogP contribution in [0.4, 0.5) is 0 Å². The number of ether oxygens (including phenoxy) is 3. The molecule has 1 aliphatic heterocycles. The van der Waals surface area contributed by atoms with Crippen LogP contribution in [0.3, 0.4) is 0 Å². The standard InChI is InChI=1S/C29H28N2O5S/c1-17-7-5-8-19-20(16-37-28(17)19)26-24(35-3)13-11-21(30-26)27(32)22-9-6-14-31(22)29(33)18-10-12-23(34-2)25(15-18)36-4/h5,7-8,10-13,15-16,22H,6,9,14H2,1-4H3/t22-/m1/s1. The highest BCUT2D eigenvalue weighted by Crippen LogP contribution is 2.39. The Kier molecular flexibility index (Phi) is 6.84. The predicted molar refractivity (Wildman–Crippen MR) is 144 cm³/mol. The first-order valence-electron chi connectivity index (χ1n) is 12.1. The van der Waals surface area contributed by atoms with Gasteiger partial charge >= 0.3 is 0 Å². The number of carbonyl (C=O) groups excluding carboxylic acids is 2. The van der Waals surface area contributed by atoms with Crippen molar-refractivity contribution in [2.75, 3.05) is 27.9 Å². The molecule has 2 aromatic heterocycles. The van der Waals surface area contributed by atoms with E-state index >= 15 is 0 Å². The zero-order valence-electron chi connectivity index (χ0n) is 21.2. The van der Waals surface area contributed by atoms with E-state index in [-0.39, 0.29) is 11.7 Å². The van der Waals surface area contributed by atoms with Crippen molar-refractivity contribution in [3.63, 3.8) is 0 Å². The van der Waals surface area contributed by atoms with E-state index in [1.54, 1.807) is 60.8 Å². The molecule has 0 spiro atoms. The quantitative estimate of drug-likeness (QED) is 0.290. The number of rotatable bonds is 7. The van der Waals surface area contributed by atoms with E-state index in [0.717, 1.165) is 17.4 Å². The molecule has 1 saturated heterocycles. The average Bonchev–Trinajstić information content (AvgIpc) is 3.60. The largest absolute Gasteiger partial charge is 0.494 e. The molecule has 190 valence electrons. The molecule has 0 aliphatic carbocycles. The summed E-state index contributed by atoms with van der Waals surface area (Å²) >= 11 is 1.65. The molecule has 3 heterocycles. The number of benzene rings is 2. The number of methoxy groups -OCH3 is 3. The van der Waals surface area contributed by atoms with Gasteiger partial charge in [-0.3, -0.25) is 9.59 Å². The summed E-state index contributed by atoms with van der Waals surface area (Å²) in [6.07, 6.45) is 1.33. The van der Waals surface area contributed by atoms with Crippen molar-refractivity contribution in [3.05, 3.63) is 70.7 Å². The van der Waals surface area contributed by atoms with E-state index in [2.05, 4.69) is 24.4 Å². The van der Waals surface area contributed by atoms with E-state index in [4.69, 9.17) is 19.2 Å². The number of aromatic nitrogens is 1. The van der Waals surface area contributed by atoms with Crippen LogP contribution in [0.25, 0.3) is 21.3 Å². The van der Waals surface area contributed by atoms with Crippen molar-refractivity contribution in [1.29, 1.82) is 0 Å². The fourth-order valence-corrected chi connectivity index (χ4v) is 5.95. The third-order valence-corrected chi connectivity index (χ3v) is 7.96. The molecule has 4 aromatic rings. The first-order valence-corrected chi connectivity index (χ1v) is 12.9. The Morgan fingerprint density at radius 2 is 1.73 bits per heavy atom. The average molecular weight is 517 g/mol. The number of likely N-dealkylation sites (tertiary alicyclic amines) is 1. The lowest BCUT2D eigenvalue weighted by atomic mass is 10.0. The number of ketones is 1. The highest BCUT2D eigenvalue weighted by Gasteiger charge is 2.36. The Labute approximate surface area is 219 Å². The van der Waals surface area contributed by atoms with Gasteiger partial charge in [-0.15, -0.1) is 11.3 Å². The molecule has 1 fully saturated rings. The van der Waals surface area contributed by atoms with Crippen molar-refractivity contribution >= 4 is 33.1 Å². The summed E-state index contributed by atoms with van der Waals surface area (Å²) in [5.74, 6) is 1.22. The number of aryl methyl sites for hydroxylation is 1. The lowest BCUT2D eigenvalue weighted by Gasteiger charge is -2.24. The Morgan fingerprint density at radius 1 is 0.973 bits per heavy atom. The maximum absolute atomic E-state index is 13.7. The Morgan fingerprint density at radius 3 is 2.49 bits per heavy atom. The third-order valence-electron chi connectivity index (χ3n) is 6.83. The van der Waals surface area contributed by atoms with E-state index in [9.17, 15) is 9.59 Å². The van der Waals surface area contributed by atoms with Crippen LogP contribution >= 0.6 is 11.3 Å². The van der Waals surface area contributed by atoms with Gasteiger partial charge in [0.1, 0.15) is 17.1 Å². The summed E-state index contributed by atoms with van der Waals surface area (Å²) in [7, 11) is 4.67. The number of pyridine rings is 1. The van der Waals surface area contributed by atoms with Crippen molar-refractivity contribution in [3.8, 4) is 28.5 Å². The SMILES string of the molecule is COc1ccc(C(=O)N2CCC[C@@H]2C(=O)c2ccc(OC)c(-c3csc4c(C)cccc34)n2)cc1OC. The number of Topliss-reactive ketones (excluding diaryl/α,β-unsaturated/α-hetero) is 1. The maximum atomic E-state index is 13.7. The van der Waals surface area contributed by atoms with E-state index < -0.39 is 6.04 Å². The summed E-state index contributed by atoms with van der Waals surface area (Å²) in [6, 6.07) is 14.1. The van der Waals surface area contributed by atoms with Crippen LogP contribution < -0.4 is 14.2 Å². The molecule has 7 nitrogen and oxygen atoms in total. The fraction of sp³-hybridized carbons (Fsp3) is 0.276. The first kappa shape index (κ1) is 24.8. The number of hydrogen-bond acceptors (Lipinski definition) is 7. The molecule has 0 saturated carbocycles. The van der Waals surface area contributed by atoms with E-state index in [0.29, 0.717) is 47.2 Å². The highest BCUT2D eigenvalue weighted by molar-refractivity contribution is 7.18. The molecule has 5 rings (SSSR count). The summed E-state index contributed by atoms with van der Waals surface area (Å²) in [4.78, 5) is 33.6. The van der Waals surface area contributed by atoms with Gasteiger partial charge < -0.3 is 19.1 Å². The Bertz CT molecular complexity index is 1500. The molecule has 0 radical (unpaired) electrons. The minimum atomic E-state index is -0.587. The molecule has 1 amide bonds. The Balaban J connectivity index is 1.48. The van der Waals surface area contributed by atoms with Gasteiger partial charge in [0.25, 0.3) is 5.91 Å². The van der Waals surface area contributed by atoms with Crippen LogP contribution in [-0.2, 0) is 0 Å². The van der Waals surface area contributed by atoms with Crippen molar-refractivity contribution < 1.29 is 23.8 Å². The molecule has 8 heteroatoms. The summed E-state index contributed by atoms with van der Waals surface area (Å²) < 4.78 is 17.4. The van der Waals surface area contributed by atoms with Crippen molar-refractivity contribution in [2.24, 2.45) is 0 Å². The molecule has 1 atom stereocenters. The van der Waals surface area contributed by atoms with Crippen LogP contribution in [0.2, 0.25) is 0 Å². The van der Waals surface area contributed by atoms with Gasteiger partial charge in [0, 0.05) is 33.1 Å². The van der Waals surface area contributed by atoms with Gasteiger partial charge in [-0.25, -0.2) is 4.98 Å². The number of thiophene rings is 1. The van der Waals surface area contributed by atoms with Crippen LogP contribution in [0.1, 0.15) is 39.3 Å². The zero-order chi connectivity index (χ0) is 26.1. The van der Waals surface area contributed by atoms with Crippen molar-refractivity contribution in [2.45, 2.75) is 25.8 Å². The minimum absolute atomic E-state index is 0.175. The van der Waals surface area contributed by atoms with Gasteiger partial charge in [0.2, 0.25) is 5.78 Å². The third kappa shape index (κ3) is 4.42. The van der Waals surface area contributed by atoms with Gasteiger partial charge in [0.15, 0.2) is 11.5 Å². The topological polar surface area (TPSA) is 78.0 Å². The lowest BCUT2D eigenvalue weighted by Crippen LogP contribution is -2.40. The number of hydrogen-bond donors (Lipinski definition) is 0. The monoisotopic (exact) mass is 516 g/mol. The molecule has 37 heavy (non-hydrogen) atoms. The summed E-state index contributed by atoms with van der Waals surface area (Å²) in [6.45, 7) is 2.58. The molecule has 0 unspecified atom stereocenters. The number of carbonyl (C=O) groups is 2. The fourth-order valence-electron chi connectivity index (χ4n) is 4.92. The van der Waals surface area contributed by atoms with Crippen LogP contribution in [0.15, 0.2) is 53.9 Å². The van der Waals surface area contributed by atoms with Gasteiger partial charge in [0.05, 0.1) is 27.4 Å². The first-order chi connectivity index (χ1) is 18.0. The van der Waals surface area contributed by atoms with E-state index in [1.165, 1.54) is 17.4 Å². The molecule has 0 N–H and O–H groups in total. The zero-order valence-corrected chi connectivity index (χ0v) is 22.1. The second-order valence-electron chi connectivity index (χ2n) is 8.94. The molecular formula is C29H28N2O5S. The van der Waals surface area contributed by atoms with Gasteiger partial charge in [-0.2, -0.15) is 0 Å². The summed E-state index contributed by atoms with van der Waals surface area (Å²) in [5, 5.41) is 3.13. The van der Waals surface area contributed by atoms with Gasteiger partial charge in [-0.05, 0) is 55.7 Å². The van der Waals surface area contributed by atoms with Crippen molar-refractivity contribution in [1.82, 2.24) is 9.88 Å². The molecule has 2 aromatic carbocycles. The van der Waals surface area contributed by atoms with Crippen LogP contribution in [0.5, 0.6) is 17.2 Å². The predicted octanol–water partition coefficient (Wildman–Crippen LogP) is 5.79. The molecule has 1 aliphatic rings. The minimum Gasteiger partial charge on any atom is -0.494 e. The van der Waals surface area contributed by atoms with E-state index in [1.807, 2.05) is 6.07 Å². The van der Waals surface area contributed by atoms with Gasteiger partial charge in [-0.1, -0.05) is 18.2 Å². The number of amides is 1. The summed E-state index contributed by atoms with van der Waals surface area (Å²) in [5.41, 5.74) is 3.51. The molecular weight excluding hydrogens is 488 g/mol. The smallest absolute Gasteiger partial charge is 0.254 e. The Hall–Kier alpha value is -3.91. The number of nitrogens with zero attached hydrogens (tertiary/aromatic N) is 2. The highest BCUT2D eigenvalue weighted by atomic mass is 32.1. The molecule has 0 bridgehead atoms. The van der Waals surface area contributed by atoms with Crippen LogP contribution in [0, 0.1) is 6.92 Å². The van der Waals surface area contributed by atoms with Crippen LogP contribution in [-0.4, -0.2) is 55.5 Å². The second kappa shape index (κ2) is 10.2. The maximum Gasteiger partial charge on any atom is 0.254 e. The second-order valence-corrected chi connectivity index (χ2v) is 9.82. The number of fused-ring (bicyclic) bond motifs is 1.